The number of carboxylic acids is 1. The predicted molar refractivity (Wildman–Crippen MR) is 137 cm³/mol. The first-order valence-electron chi connectivity index (χ1n) is 10.4. The maximum Gasteiger partial charge on any atom is 0.335 e. The van der Waals surface area contributed by atoms with Crippen LogP contribution in [0.5, 0.6) is 11.5 Å². The number of amides is 2. The van der Waals surface area contributed by atoms with Gasteiger partial charge in [0.2, 0.25) is 0 Å². The maximum atomic E-state index is 12.6. The molecule has 0 fully saturated rings. The molecule has 0 aliphatic rings. The second-order valence-electron chi connectivity index (χ2n) is 7.24. The summed E-state index contributed by atoms with van der Waals surface area (Å²) < 4.78 is 11.4. The molecule has 0 saturated carbocycles. The van der Waals surface area contributed by atoms with Crippen molar-refractivity contribution in [3.05, 3.63) is 87.9 Å². The fourth-order valence-corrected chi connectivity index (χ4v) is 3.46. The van der Waals surface area contributed by atoms with Gasteiger partial charge in [-0.25, -0.2) is 4.79 Å². The maximum absolute atomic E-state index is 12.6. The van der Waals surface area contributed by atoms with Gasteiger partial charge in [0.15, 0.2) is 18.1 Å². The van der Waals surface area contributed by atoms with E-state index >= 15 is 0 Å². The van der Waals surface area contributed by atoms with E-state index in [1.54, 1.807) is 36.4 Å². The van der Waals surface area contributed by atoms with Crippen molar-refractivity contribution in [1.82, 2.24) is 0 Å². The van der Waals surface area contributed by atoms with Crippen LogP contribution in [-0.2, 0) is 9.59 Å². The fraction of sp³-hybridized carbons (Fsp3) is 0.0769. The van der Waals surface area contributed by atoms with Gasteiger partial charge >= 0.3 is 5.97 Å². The molecule has 0 radical (unpaired) electrons. The number of hydrogen-bond donors (Lipinski definition) is 3. The highest BCUT2D eigenvalue weighted by Crippen LogP contribution is 2.34. The van der Waals surface area contributed by atoms with Crippen LogP contribution in [0.3, 0.4) is 0 Å². The molecule has 0 unspecified atom stereocenters. The molecule has 0 bridgehead atoms. The molecule has 9 nitrogen and oxygen atoms in total. The number of carbonyl (C=O) groups excluding carboxylic acids is 2. The Morgan fingerprint density at radius 3 is 2.39 bits per heavy atom. The molecule has 3 aromatic rings. The molecule has 0 saturated heterocycles. The normalized spacial score (nSPS) is 10.6. The van der Waals surface area contributed by atoms with E-state index in [0.717, 1.165) is 0 Å². The van der Waals surface area contributed by atoms with Crippen molar-refractivity contribution in [2.75, 3.05) is 24.4 Å². The van der Waals surface area contributed by atoms with Gasteiger partial charge in [-0.05, 0) is 54.1 Å². The van der Waals surface area contributed by atoms with Gasteiger partial charge in [0.05, 0.1) is 12.7 Å². The molecule has 2 amide bonds. The highest BCUT2D eigenvalue weighted by Gasteiger charge is 2.15. The molecule has 10 heteroatoms. The summed E-state index contributed by atoms with van der Waals surface area (Å²) >= 11 is 3.38. The van der Waals surface area contributed by atoms with Gasteiger partial charge < -0.3 is 25.2 Å². The minimum Gasteiger partial charge on any atom is -0.493 e. The average molecular weight is 550 g/mol. The Hall–Kier alpha value is -4.62. The number of ether oxygens (including phenoxy) is 2. The number of halogens is 1. The lowest BCUT2D eigenvalue weighted by Gasteiger charge is -2.13. The Labute approximate surface area is 215 Å². The molecule has 36 heavy (non-hydrogen) atoms. The molecule has 182 valence electrons. The first kappa shape index (κ1) is 26.0. The number of nitrogens with one attached hydrogen (secondary N) is 2. The van der Waals surface area contributed by atoms with Gasteiger partial charge in [0, 0.05) is 15.8 Å². The van der Waals surface area contributed by atoms with Crippen molar-refractivity contribution < 1.29 is 29.0 Å². The zero-order valence-electron chi connectivity index (χ0n) is 18.9. The summed E-state index contributed by atoms with van der Waals surface area (Å²) in [6.45, 7) is -0.270. The van der Waals surface area contributed by atoms with Crippen molar-refractivity contribution in [2.24, 2.45) is 0 Å². The standard InChI is InChI=1S/C26H20BrN3O6/c1-35-22-12-17(10-18(14-28)25(32)30-20-9-5-6-16(11-20)26(33)34)21(27)13-23(22)36-15-24(31)29-19-7-3-2-4-8-19/h2-13H,15H2,1H3,(H,29,31)(H,30,32)(H,33,34)/b18-10-. The van der Waals surface area contributed by atoms with Crippen LogP contribution in [0.25, 0.3) is 6.08 Å². The number of hydrogen-bond acceptors (Lipinski definition) is 6. The molecule has 0 heterocycles. The minimum atomic E-state index is -1.14. The minimum absolute atomic E-state index is 0.00388. The lowest BCUT2D eigenvalue weighted by atomic mass is 10.1. The Balaban J connectivity index is 1.75. The quantitative estimate of drug-likeness (QED) is 0.259. The molecular weight excluding hydrogens is 530 g/mol. The van der Waals surface area contributed by atoms with Crippen LogP contribution in [-0.4, -0.2) is 36.6 Å². The largest absolute Gasteiger partial charge is 0.493 e. The van der Waals surface area contributed by atoms with Crippen molar-refractivity contribution in [2.45, 2.75) is 0 Å². The highest BCUT2D eigenvalue weighted by atomic mass is 79.9. The number of para-hydroxylation sites is 1. The number of methoxy groups -OCH3 is 1. The summed E-state index contributed by atoms with van der Waals surface area (Å²) in [5, 5.41) is 23.9. The van der Waals surface area contributed by atoms with Crippen LogP contribution < -0.4 is 20.1 Å². The molecule has 0 aliphatic heterocycles. The van der Waals surface area contributed by atoms with Gasteiger partial charge in [-0.15, -0.1) is 0 Å². The van der Waals surface area contributed by atoms with E-state index in [4.69, 9.17) is 14.6 Å². The Bertz CT molecular complexity index is 1370. The van der Waals surface area contributed by atoms with Gasteiger partial charge in [0.25, 0.3) is 11.8 Å². The molecule has 0 atom stereocenters. The highest BCUT2D eigenvalue weighted by molar-refractivity contribution is 9.10. The fourth-order valence-electron chi connectivity index (χ4n) is 3.03. The van der Waals surface area contributed by atoms with Crippen molar-refractivity contribution in [3.8, 4) is 17.6 Å². The Morgan fingerprint density at radius 2 is 1.72 bits per heavy atom. The second-order valence-corrected chi connectivity index (χ2v) is 8.09. The molecule has 0 spiro atoms. The summed E-state index contributed by atoms with van der Waals surface area (Å²) in [4.78, 5) is 36.0. The van der Waals surface area contributed by atoms with Crippen LogP contribution in [0, 0.1) is 11.3 Å². The third kappa shape index (κ3) is 6.94. The van der Waals surface area contributed by atoms with Crippen molar-refractivity contribution in [3.63, 3.8) is 0 Å². The molecule has 3 rings (SSSR count). The van der Waals surface area contributed by atoms with Gasteiger partial charge in [0.1, 0.15) is 11.6 Å². The zero-order chi connectivity index (χ0) is 26.1. The first-order chi connectivity index (χ1) is 17.3. The Morgan fingerprint density at radius 1 is 1.00 bits per heavy atom. The number of carboxylic acid groups (broad SMARTS) is 1. The van der Waals surface area contributed by atoms with E-state index < -0.39 is 11.9 Å². The molecule has 3 aromatic carbocycles. The topological polar surface area (TPSA) is 138 Å². The predicted octanol–water partition coefficient (Wildman–Crippen LogP) is 4.72. The number of aromatic carboxylic acids is 1. The van der Waals surface area contributed by atoms with Gasteiger partial charge in [-0.3, -0.25) is 9.59 Å². The first-order valence-corrected chi connectivity index (χ1v) is 11.2. The SMILES string of the molecule is COc1cc(/C=C(/C#N)C(=O)Nc2cccc(C(=O)O)c2)c(Br)cc1OCC(=O)Nc1ccccc1. The monoisotopic (exact) mass is 549 g/mol. The number of benzene rings is 3. The summed E-state index contributed by atoms with van der Waals surface area (Å²) in [7, 11) is 1.42. The second kappa shape index (κ2) is 12.2. The van der Waals surface area contributed by atoms with Gasteiger partial charge in [-0.2, -0.15) is 5.26 Å². The van der Waals surface area contributed by atoms with Crippen LogP contribution in [0.4, 0.5) is 11.4 Å². The van der Waals surface area contributed by atoms with E-state index in [1.807, 2.05) is 12.1 Å². The molecular formula is C26H20BrN3O6. The van der Waals surface area contributed by atoms with Gasteiger partial charge in [-0.1, -0.05) is 40.2 Å². The average Bonchev–Trinajstić information content (AvgIpc) is 2.87. The molecule has 0 aliphatic carbocycles. The van der Waals surface area contributed by atoms with Crippen LogP contribution >= 0.6 is 15.9 Å². The lowest BCUT2D eigenvalue weighted by Crippen LogP contribution is -2.20. The number of nitrogens with zero attached hydrogens (tertiary/aromatic N) is 1. The molecule has 0 aromatic heterocycles. The number of anilines is 2. The number of rotatable bonds is 9. The van der Waals surface area contributed by atoms with E-state index in [9.17, 15) is 19.6 Å². The zero-order valence-corrected chi connectivity index (χ0v) is 20.5. The lowest BCUT2D eigenvalue weighted by molar-refractivity contribution is -0.118. The van der Waals surface area contributed by atoms with Crippen molar-refractivity contribution in [1.29, 1.82) is 5.26 Å². The number of carbonyl (C=O) groups is 3. The summed E-state index contributed by atoms with van der Waals surface area (Å²) in [6.07, 6.45) is 1.34. The summed E-state index contributed by atoms with van der Waals surface area (Å²) in [5.41, 5.74) is 1.08. The van der Waals surface area contributed by atoms with E-state index in [-0.39, 0.29) is 40.8 Å². The summed E-state index contributed by atoms with van der Waals surface area (Å²) in [6, 6.07) is 19.5. The van der Waals surface area contributed by atoms with E-state index in [2.05, 4.69) is 26.6 Å². The number of nitriles is 1. The summed E-state index contributed by atoms with van der Waals surface area (Å²) in [5.74, 6) is -1.66. The third-order valence-corrected chi connectivity index (χ3v) is 5.42. The van der Waals surface area contributed by atoms with E-state index in [1.165, 1.54) is 37.5 Å². The van der Waals surface area contributed by atoms with Crippen LogP contribution in [0.2, 0.25) is 0 Å². The Kier molecular flexibility index (Phi) is 8.80. The van der Waals surface area contributed by atoms with E-state index in [0.29, 0.717) is 15.7 Å². The smallest absolute Gasteiger partial charge is 0.335 e. The van der Waals surface area contributed by atoms with Crippen molar-refractivity contribution >= 4 is 51.2 Å². The van der Waals surface area contributed by atoms with Crippen LogP contribution in [0.15, 0.2) is 76.8 Å². The molecule has 3 N–H and O–H groups in total. The third-order valence-electron chi connectivity index (χ3n) is 4.73. The van der Waals surface area contributed by atoms with Crippen LogP contribution in [0.1, 0.15) is 15.9 Å².